The molecule has 2 atom stereocenters. The lowest BCUT2D eigenvalue weighted by atomic mass is 10.1. The minimum absolute atomic E-state index is 0.154. The Morgan fingerprint density at radius 2 is 1.22 bits per heavy atom. The summed E-state index contributed by atoms with van der Waals surface area (Å²) in [7, 11) is 0. The van der Waals surface area contributed by atoms with Gasteiger partial charge in [0.2, 0.25) is 11.8 Å². The Morgan fingerprint density at radius 3 is 1.88 bits per heavy atom. The van der Waals surface area contributed by atoms with E-state index in [2.05, 4.69) is 79.2 Å². The molecule has 0 rings (SSSR count). The molecular weight excluding hydrogens is 620 g/mol. The van der Waals surface area contributed by atoms with Gasteiger partial charge in [0.15, 0.2) is 0 Å². The van der Waals surface area contributed by atoms with Crippen LogP contribution >= 0.6 is 0 Å². The number of esters is 1. The van der Waals surface area contributed by atoms with Gasteiger partial charge in [-0.1, -0.05) is 113 Å². The monoisotopic (exact) mass is 686 g/mol. The van der Waals surface area contributed by atoms with Crippen LogP contribution in [0.5, 0.6) is 0 Å². The quantitative estimate of drug-likeness (QED) is 0.0318. The van der Waals surface area contributed by atoms with E-state index in [9.17, 15) is 19.2 Å². The summed E-state index contributed by atoms with van der Waals surface area (Å²) in [6, 6.07) is -1.40. The van der Waals surface area contributed by atoms with Crippen LogP contribution in [0.2, 0.25) is 0 Å². The standard InChI is InChI=1S/C40H66N2O7/c1-3-5-7-9-11-13-14-15-16-17-18-20-22-28-32-39(46)49-35(29-25-21-19-12-10-8-6-4-2)30-26-23-24-27-31-37(44)41-33-38(45)42-36(34-43)40(47)48/h6,8-9,11-12,14-15,19,25,29,35-36,43H,3-5,7,10,13,16-18,20-24,26-28,30-34H2,1-2H3,(H,41,44)(H,42,45)(H,47,48)/b8-6-,11-9-,15-14-,19-12-,29-25-. The zero-order chi connectivity index (χ0) is 36.2. The number of carboxylic acids is 1. The summed E-state index contributed by atoms with van der Waals surface area (Å²) in [5.41, 5.74) is 0. The number of aliphatic hydroxyl groups excluding tert-OH is 1. The molecule has 2 amide bonds. The summed E-state index contributed by atoms with van der Waals surface area (Å²) in [4.78, 5) is 47.3. The van der Waals surface area contributed by atoms with Crippen molar-refractivity contribution in [3.63, 3.8) is 0 Å². The average molecular weight is 687 g/mol. The molecule has 0 radical (unpaired) electrons. The van der Waals surface area contributed by atoms with E-state index in [4.69, 9.17) is 14.9 Å². The number of unbranched alkanes of at least 4 members (excludes halogenated alkanes) is 10. The van der Waals surface area contributed by atoms with Crippen LogP contribution in [-0.4, -0.2) is 59.3 Å². The maximum absolute atomic E-state index is 12.6. The molecule has 49 heavy (non-hydrogen) atoms. The summed E-state index contributed by atoms with van der Waals surface area (Å²) in [6.07, 6.45) is 39.8. The molecule has 0 heterocycles. The van der Waals surface area contributed by atoms with Crippen molar-refractivity contribution in [1.29, 1.82) is 0 Å². The van der Waals surface area contributed by atoms with Crippen LogP contribution in [0.25, 0.3) is 0 Å². The summed E-state index contributed by atoms with van der Waals surface area (Å²) in [5, 5.41) is 22.5. The van der Waals surface area contributed by atoms with Gasteiger partial charge in [0, 0.05) is 12.8 Å². The van der Waals surface area contributed by atoms with E-state index in [0.29, 0.717) is 12.8 Å². The lowest BCUT2D eigenvalue weighted by Crippen LogP contribution is -2.47. The Bertz CT molecular complexity index is 1020. The fourth-order valence-electron chi connectivity index (χ4n) is 4.84. The van der Waals surface area contributed by atoms with Crippen molar-refractivity contribution >= 4 is 23.8 Å². The zero-order valence-electron chi connectivity index (χ0n) is 30.4. The van der Waals surface area contributed by atoms with Gasteiger partial charge in [0.25, 0.3) is 0 Å². The van der Waals surface area contributed by atoms with E-state index in [1.54, 1.807) is 0 Å². The number of aliphatic hydroxyl groups is 1. The summed E-state index contributed by atoms with van der Waals surface area (Å²) >= 11 is 0. The molecule has 0 saturated carbocycles. The first kappa shape index (κ1) is 45.5. The molecule has 4 N–H and O–H groups in total. The molecule has 0 aromatic heterocycles. The molecule has 0 aliphatic rings. The molecule has 0 bridgehead atoms. The van der Waals surface area contributed by atoms with Crippen molar-refractivity contribution in [1.82, 2.24) is 10.6 Å². The molecule has 278 valence electrons. The number of carboxylic acid groups (broad SMARTS) is 1. The number of carbonyl (C=O) groups excluding carboxylic acids is 3. The number of rotatable bonds is 32. The van der Waals surface area contributed by atoms with Crippen molar-refractivity contribution in [2.75, 3.05) is 13.2 Å². The van der Waals surface area contributed by atoms with Crippen LogP contribution in [0.4, 0.5) is 0 Å². The lowest BCUT2D eigenvalue weighted by molar-refractivity contribution is -0.147. The highest BCUT2D eigenvalue weighted by Crippen LogP contribution is 2.14. The molecule has 9 nitrogen and oxygen atoms in total. The van der Waals surface area contributed by atoms with Gasteiger partial charge in [0.1, 0.15) is 12.1 Å². The summed E-state index contributed by atoms with van der Waals surface area (Å²) < 4.78 is 5.84. The van der Waals surface area contributed by atoms with Crippen molar-refractivity contribution in [2.24, 2.45) is 0 Å². The van der Waals surface area contributed by atoms with Crippen LogP contribution in [0.3, 0.4) is 0 Å². The molecule has 0 aromatic rings. The van der Waals surface area contributed by atoms with Crippen LogP contribution in [0.15, 0.2) is 60.8 Å². The number of ether oxygens (including phenoxy) is 1. The molecule has 0 aliphatic carbocycles. The number of allylic oxidation sites excluding steroid dienone is 9. The van der Waals surface area contributed by atoms with E-state index in [1.807, 2.05) is 6.08 Å². The Labute approximate surface area is 296 Å². The summed E-state index contributed by atoms with van der Waals surface area (Å²) in [6.45, 7) is 3.25. The highest BCUT2D eigenvalue weighted by atomic mass is 16.5. The fraction of sp³-hybridized carbons (Fsp3) is 0.650. The van der Waals surface area contributed by atoms with Crippen LogP contribution < -0.4 is 10.6 Å². The first-order valence-electron chi connectivity index (χ1n) is 18.7. The van der Waals surface area contributed by atoms with Gasteiger partial charge in [-0.25, -0.2) is 4.79 Å². The highest BCUT2D eigenvalue weighted by Gasteiger charge is 2.18. The van der Waals surface area contributed by atoms with E-state index in [-0.39, 0.29) is 30.9 Å². The van der Waals surface area contributed by atoms with E-state index in [1.165, 1.54) is 32.1 Å². The Balaban J connectivity index is 4.39. The minimum atomic E-state index is -1.40. The molecule has 0 spiro atoms. The topological polar surface area (TPSA) is 142 Å². The number of carbonyl (C=O) groups is 4. The second kappa shape index (κ2) is 34.4. The summed E-state index contributed by atoms with van der Waals surface area (Å²) in [5.74, 6) is -2.47. The first-order valence-corrected chi connectivity index (χ1v) is 18.7. The number of hydrogen-bond donors (Lipinski definition) is 4. The molecule has 0 aliphatic heterocycles. The number of amides is 2. The van der Waals surface area contributed by atoms with Gasteiger partial charge in [-0.15, -0.1) is 0 Å². The molecule has 9 heteroatoms. The largest absolute Gasteiger partial charge is 0.480 e. The molecule has 0 saturated heterocycles. The van der Waals surface area contributed by atoms with Crippen LogP contribution in [-0.2, 0) is 23.9 Å². The zero-order valence-corrected chi connectivity index (χ0v) is 30.4. The van der Waals surface area contributed by atoms with Crippen LogP contribution in [0, 0.1) is 0 Å². The number of aliphatic carboxylic acids is 1. The smallest absolute Gasteiger partial charge is 0.328 e. The lowest BCUT2D eigenvalue weighted by Gasteiger charge is -2.15. The van der Waals surface area contributed by atoms with Gasteiger partial charge < -0.3 is 25.6 Å². The predicted molar refractivity (Wildman–Crippen MR) is 199 cm³/mol. The third-order valence-corrected chi connectivity index (χ3v) is 7.73. The first-order chi connectivity index (χ1) is 23.8. The average Bonchev–Trinajstić information content (AvgIpc) is 3.08. The maximum Gasteiger partial charge on any atom is 0.328 e. The van der Waals surface area contributed by atoms with Crippen LogP contribution in [0.1, 0.15) is 142 Å². The Kier molecular flexibility index (Phi) is 32.0. The molecular formula is C40H66N2O7. The van der Waals surface area contributed by atoms with E-state index in [0.717, 1.165) is 77.0 Å². The van der Waals surface area contributed by atoms with Crippen molar-refractivity contribution in [2.45, 2.75) is 154 Å². The van der Waals surface area contributed by atoms with Crippen molar-refractivity contribution in [3.05, 3.63) is 60.8 Å². The minimum Gasteiger partial charge on any atom is -0.480 e. The highest BCUT2D eigenvalue weighted by molar-refractivity contribution is 5.87. The predicted octanol–water partition coefficient (Wildman–Crippen LogP) is 8.20. The van der Waals surface area contributed by atoms with E-state index >= 15 is 0 Å². The Morgan fingerprint density at radius 1 is 0.653 bits per heavy atom. The maximum atomic E-state index is 12.6. The van der Waals surface area contributed by atoms with Gasteiger partial charge in [-0.3, -0.25) is 14.4 Å². The number of nitrogens with one attached hydrogen (secondary N) is 2. The van der Waals surface area contributed by atoms with Crippen molar-refractivity contribution < 1.29 is 34.1 Å². The normalized spacial score (nSPS) is 13.2. The Hall–Kier alpha value is -3.46. The SMILES string of the molecule is CC/C=C\C/C=C\C/C=C\C(CCCCCCC(=O)NCC(=O)NC(CO)C(=O)O)OC(=O)CCCCCCC/C=C\C/C=C\CCCC. The van der Waals surface area contributed by atoms with Crippen molar-refractivity contribution in [3.8, 4) is 0 Å². The molecule has 0 aromatic carbocycles. The van der Waals surface area contributed by atoms with Gasteiger partial charge >= 0.3 is 11.9 Å². The molecule has 0 fully saturated rings. The third kappa shape index (κ3) is 31.6. The molecule has 2 unspecified atom stereocenters. The van der Waals surface area contributed by atoms with Gasteiger partial charge in [-0.2, -0.15) is 0 Å². The number of hydrogen-bond acceptors (Lipinski definition) is 6. The van der Waals surface area contributed by atoms with E-state index < -0.39 is 24.5 Å². The third-order valence-electron chi connectivity index (χ3n) is 7.73. The fourth-order valence-corrected chi connectivity index (χ4v) is 4.84. The second-order valence-corrected chi connectivity index (χ2v) is 12.3. The van der Waals surface area contributed by atoms with Gasteiger partial charge in [-0.05, 0) is 76.7 Å². The second-order valence-electron chi connectivity index (χ2n) is 12.3. The van der Waals surface area contributed by atoms with Gasteiger partial charge in [0.05, 0.1) is 13.2 Å².